The van der Waals surface area contributed by atoms with Crippen molar-refractivity contribution in [2.45, 2.75) is 31.8 Å². The maximum atomic E-state index is 12.1. The van der Waals surface area contributed by atoms with Crippen molar-refractivity contribution in [1.82, 2.24) is 10.6 Å². The fourth-order valence-corrected chi connectivity index (χ4v) is 2.59. The number of amides is 1. The van der Waals surface area contributed by atoms with Gasteiger partial charge in [-0.15, -0.1) is 0 Å². The van der Waals surface area contributed by atoms with Gasteiger partial charge in [-0.2, -0.15) is 0 Å². The zero-order valence-corrected chi connectivity index (χ0v) is 16.5. The standard InChI is InChI=1S/C18H26N2O6S/c1-18(2)25-11-15(26-18)10-24-9-13(21)8-19-17(27)20-16(22)12-4-6-14(23-3)7-5-12/h4-7,13,15,21H,8-11H2,1-3H3,(H2,19,20,22,27)/t13-,15-/m0/s1. The number of thiocarbonyl (C=S) groups is 1. The SMILES string of the molecule is COc1ccc(C(=O)NC(=S)NC[C@H](O)COC[C@H]2COC(C)(C)O2)cc1. The van der Waals surface area contributed by atoms with Crippen molar-refractivity contribution in [3.8, 4) is 5.75 Å². The molecule has 1 fully saturated rings. The van der Waals surface area contributed by atoms with Gasteiger partial charge < -0.3 is 29.4 Å². The highest BCUT2D eigenvalue weighted by Crippen LogP contribution is 2.22. The Morgan fingerprint density at radius 1 is 1.41 bits per heavy atom. The summed E-state index contributed by atoms with van der Waals surface area (Å²) >= 11 is 5.07. The normalized spacial score (nSPS) is 19.3. The second-order valence-electron chi connectivity index (χ2n) is 6.53. The molecule has 1 aromatic rings. The van der Waals surface area contributed by atoms with Gasteiger partial charge in [0.25, 0.3) is 5.91 Å². The number of hydrogen-bond donors (Lipinski definition) is 3. The van der Waals surface area contributed by atoms with Gasteiger partial charge >= 0.3 is 0 Å². The van der Waals surface area contributed by atoms with Gasteiger partial charge in [0.1, 0.15) is 11.9 Å². The molecule has 3 N–H and O–H groups in total. The smallest absolute Gasteiger partial charge is 0.257 e. The van der Waals surface area contributed by atoms with Crippen molar-refractivity contribution in [3.63, 3.8) is 0 Å². The van der Waals surface area contributed by atoms with Crippen LogP contribution in [0.1, 0.15) is 24.2 Å². The van der Waals surface area contributed by atoms with Crippen LogP contribution < -0.4 is 15.4 Å². The Morgan fingerprint density at radius 2 is 2.11 bits per heavy atom. The number of hydrogen-bond acceptors (Lipinski definition) is 7. The molecule has 1 aliphatic rings. The van der Waals surface area contributed by atoms with Crippen LogP contribution in [0.4, 0.5) is 0 Å². The quantitative estimate of drug-likeness (QED) is 0.554. The minimum absolute atomic E-state index is 0.113. The molecular weight excluding hydrogens is 372 g/mol. The molecule has 1 aromatic carbocycles. The van der Waals surface area contributed by atoms with E-state index in [9.17, 15) is 9.90 Å². The number of ether oxygens (including phenoxy) is 4. The summed E-state index contributed by atoms with van der Waals surface area (Å²) in [5, 5.41) is 15.4. The molecule has 0 bridgehead atoms. The second kappa shape index (κ2) is 9.95. The molecule has 0 aromatic heterocycles. The molecule has 0 spiro atoms. The summed E-state index contributed by atoms with van der Waals surface area (Å²) in [5.41, 5.74) is 0.450. The molecule has 9 heteroatoms. The van der Waals surface area contributed by atoms with Gasteiger partial charge in [0.15, 0.2) is 10.9 Å². The number of nitrogens with one attached hydrogen (secondary N) is 2. The first-order valence-electron chi connectivity index (χ1n) is 8.60. The molecular formula is C18H26N2O6S. The Kier molecular flexibility index (Phi) is 7.93. The molecule has 1 saturated heterocycles. The largest absolute Gasteiger partial charge is 0.497 e. The molecule has 8 nitrogen and oxygen atoms in total. The maximum absolute atomic E-state index is 12.1. The monoisotopic (exact) mass is 398 g/mol. The summed E-state index contributed by atoms with van der Waals surface area (Å²) in [6.45, 7) is 4.74. The predicted molar refractivity (Wildman–Crippen MR) is 103 cm³/mol. The molecule has 1 amide bonds. The summed E-state index contributed by atoms with van der Waals surface area (Å²) < 4.78 is 21.5. The van der Waals surface area contributed by atoms with E-state index < -0.39 is 11.9 Å². The van der Waals surface area contributed by atoms with E-state index in [1.165, 1.54) is 0 Å². The molecule has 0 radical (unpaired) electrons. The van der Waals surface area contributed by atoms with Crippen molar-refractivity contribution in [1.29, 1.82) is 0 Å². The third kappa shape index (κ3) is 7.39. The van der Waals surface area contributed by atoms with E-state index in [0.717, 1.165) is 0 Å². The van der Waals surface area contributed by atoms with Gasteiger partial charge in [-0.25, -0.2) is 0 Å². The number of carbonyl (C=O) groups excluding carboxylic acids is 1. The van der Waals surface area contributed by atoms with Crippen molar-refractivity contribution in [2.75, 3.05) is 33.5 Å². The Hall–Kier alpha value is -1.78. The van der Waals surface area contributed by atoms with Crippen LogP contribution >= 0.6 is 12.2 Å². The fraction of sp³-hybridized carbons (Fsp3) is 0.556. The highest BCUT2D eigenvalue weighted by molar-refractivity contribution is 7.80. The van der Waals surface area contributed by atoms with E-state index in [4.69, 9.17) is 31.2 Å². The van der Waals surface area contributed by atoms with Crippen molar-refractivity contribution >= 4 is 23.2 Å². The zero-order chi connectivity index (χ0) is 19.9. The number of rotatable bonds is 8. The van der Waals surface area contributed by atoms with E-state index in [-0.39, 0.29) is 30.3 Å². The first kappa shape index (κ1) is 21.5. The minimum Gasteiger partial charge on any atom is -0.497 e. The molecule has 0 aliphatic carbocycles. The molecule has 2 atom stereocenters. The average molecular weight is 398 g/mol. The molecule has 0 saturated carbocycles. The topological polar surface area (TPSA) is 98.3 Å². The van der Waals surface area contributed by atoms with Gasteiger partial charge in [0, 0.05) is 12.1 Å². The first-order valence-corrected chi connectivity index (χ1v) is 9.00. The maximum Gasteiger partial charge on any atom is 0.257 e. The number of carbonyl (C=O) groups is 1. The molecule has 150 valence electrons. The highest BCUT2D eigenvalue weighted by atomic mass is 32.1. The van der Waals surface area contributed by atoms with E-state index >= 15 is 0 Å². The lowest BCUT2D eigenvalue weighted by Gasteiger charge is -2.18. The van der Waals surface area contributed by atoms with Gasteiger partial charge in [0.2, 0.25) is 0 Å². The number of benzene rings is 1. The van der Waals surface area contributed by atoms with E-state index in [1.807, 2.05) is 13.8 Å². The van der Waals surface area contributed by atoms with Crippen molar-refractivity contribution in [3.05, 3.63) is 29.8 Å². The molecule has 0 unspecified atom stereocenters. The van der Waals surface area contributed by atoms with Crippen LogP contribution in [0.3, 0.4) is 0 Å². The lowest BCUT2D eigenvalue weighted by atomic mass is 10.2. The number of methoxy groups -OCH3 is 1. The van der Waals surface area contributed by atoms with E-state index in [1.54, 1.807) is 31.4 Å². The van der Waals surface area contributed by atoms with E-state index in [2.05, 4.69) is 10.6 Å². The minimum atomic E-state index is -0.781. The summed E-state index contributed by atoms with van der Waals surface area (Å²) in [7, 11) is 1.55. The van der Waals surface area contributed by atoms with Gasteiger partial charge in [-0.05, 0) is 50.3 Å². The Labute approximate surface area is 164 Å². The molecule has 1 heterocycles. The fourth-order valence-electron chi connectivity index (χ4n) is 2.41. The van der Waals surface area contributed by atoms with Crippen LogP contribution in [0.2, 0.25) is 0 Å². The first-order chi connectivity index (χ1) is 12.8. The zero-order valence-electron chi connectivity index (χ0n) is 15.7. The van der Waals surface area contributed by atoms with E-state index in [0.29, 0.717) is 24.5 Å². The van der Waals surface area contributed by atoms with Gasteiger partial charge in [-0.1, -0.05) is 0 Å². The number of aliphatic hydroxyl groups is 1. The summed E-state index contributed by atoms with van der Waals surface area (Å²) in [6, 6.07) is 6.64. The summed E-state index contributed by atoms with van der Waals surface area (Å²) in [4.78, 5) is 12.1. The molecule has 2 rings (SSSR count). The summed E-state index contributed by atoms with van der Waals surface area (Å²) in [6.07, 6.45) is -0.929. The Morgan fingerprint density at radius 3 is 2.70 bits per heavy atom. The number of aliphatic hydroxyl groups excluding tert-OH is 1. The second-order valence-corrected chi connectivity index (χ2v) is 6.94. The van der Waals surface area contributed by atoms with Gasteiger partial charge in [0.05, 0.1) is 33.0 Å². The Bertz CT molecular complexity index is 637. The average Bonchev–Trinajstić information content (AvgIpc) is 2.98. The van der Waals surface area contributed by atoms with Crippen LogP contribution in [0.5, 0.6) is 5.75 Å². The lowest BCUT2D eigenvalue weighted by Crippen LogP contribution is -2.43. The van der Waals surface area contributed by atoms with Crippen LogP contribution in [-0.2, 0) is 14.2 Å². The predicted octanol–water partition coefficient (Wildman–Crippen LogP) is 0.829. The highest BCUT2D eigenvalue weighted by Gasteiger charge is 2.32. The molecule has 27 heavy (non-hydrogen) atoms. The van der Waals surface area contributed by atoms with Gasteiger partial charge in [-0.3, -0.25) is 10.1 Å². The third-order valence-corrected chi connectivity index (χ3v) is 4.01. The van der Waals surface area contributed by atoms with Crippen LogP contribution in [0, 0.1) is 0 Å². The van der Waals surface area contributed by atoms with Crippen LogP contribution in [-0.4, -0.2) is 67.6 Å². The third-order valence-electron chi connectivity index (χ3n) is 3.76. The van der Waals surface area contributed by atoms with Crippen LogP contribution in [0.25, 0.3) is 0 Å². The van der Waals surface area contributed by atoms with Crippen LogP contribution in [0.15, 0.2) is 24.3 Å². The molecule has 1 aliphatic heterocycles. The van der Waals surface area contributed by atoms with Crippen molar-refractivity contribution in [2.24, 2.45) is 0 Å². The lowest BCUT2D eigenvalue weighted by molar-refractivity contribution is -0.146. The Balaban J connectivity index is 1.62. The summed E-state index contributed by atoms with van der Waals surface area (Å²) in [5.74, 6) is -0.280. The van der Waals surface area contributed by atoms with Crippen molar-refractivity contribution < 1.29 is 28.8 Å².